The third kappa shape index (κ3) is 6.18. The van der Waals surface area contributed by atoms with E-state index in [9.17, 15) is 0 Å². The van der Waals surface area contributed by atoms with Crippen molar-refractivity contribution < 1.29 is 4.74 Å². The van der Waals surface area contributed by atoms with E-state index in [0.717, 1.165) is 50.7 Å². The molecule has 0 amide bonds. The van der Waals surface area contributed by atoms with Gasteiger partial charge in [-0.05, 0) is 50.0 Å². The summed E-state index contributed by atoms with van der Waals surface area (Å²) in [5.74, 6) is 1.74. The lowest BCUT2D eigenvalue weighted by molar-refractivity contribution is 0.245. The molecule has 1 unspecified atom stereocenters. The van der Waals surface area contributed by atoms with Gasteiger partial charge in [0.1, 0.15) is 5.75 Å². The molecule has 3 rings (SSSR count). The first-order valence-corrected chi connectivity index (χ1v) is 11.3. The smallest absolute Gasteiger partial charge is 0.191 e. The molecule has 1 aliphatic rings. The summed E-state index contributed by atoms with van der Waals surface area (Å²) >= 11 is 1.80. The zero-order valence-electron chi connectivity index (χ0n) is 17.8. The minimum absolute atomic E-state index is 0.303. The Labute approximate surface area is 178 Å². The molecule has 6 nitrogen and oxygen atoms in total. The van der Waals surface area contributed by atoms with Gasteiger partial charge < -0.3 is 15.4 Å². The zero-order chi connectivity index (χ0) is 20.5. The molecule has 0 aliphatic carbocycles. The third-order valence-electron chi connectivity index (χ3n) is 5.33. The maximum absolute atomic E-state index is 5.44. The molecule has 1 aromatic heterocycles. The van der Waals surface area contributed by atoms with Crippen LogP contribution in [-0.4, -0.2) is 56.2 Å². The van der Waals surface area contributed by atoms with Crippen LogP contribution >= 0.6 is 11.3 Å². The van der Waals surface area contributed by atoms with E-state index < -0.39 is 0 Å². The number of ether oxygens (including phenoxy) is 1. The van der Waals surface area contributed by atoms with E-state index in [4.69, 9.17) is 4.74 Å². The van der Waals surface area contributed by atoms with Gasteiger partial charge in [-0.15, -0.1) is 11.3 Å². The highest BCUT2D eigenvalue weighted by Crippen LogP contribution is 2.27. The minimum atomic E-state index is 0.303. The molecule has 1 aliphatic heterocycles. The Morgan fingerprint density at radius 2 is 2.14 bits per heavy atom. The average Bonchev–Trinajstić information content (AvgIpc) is 3.45. The van der Waals surface area contributed by atoms with Crippen molar-refractivity contribution in [2.24, 2.45) is 4.99 Å². The summed E-state index contributed by atoms with van der Waals surface area (Å²) in [5, 5.41) is 8.13. The summed E-state index contributed by atoms with van der Waals surface area (Å²) in [6.07, 6.45) is 6.48. The molecule has 29 heavy (non-hydrogen) atoms. The van der Waals surface area contributed by atoms with Crippen molar-refractivity contribution in [3.63, 3.8) is 0 Å². The summed E-state index contributed by atoms with van der Waals surface area (Å²) in [5.41, 5.74) is 1.28. The van der Waals surface area contributed by atoms with Crippen molar-refractivity contribution in [2.45, 2.75) is 38.6 Å². The number of nitrogens with one attached hydrogen (secondary N) is 2. The van der Waals surface area contributed by atoms with Gasteiger partial charge in [0, 0.05) is 37.6 Å². The van der Waals surface area contributed by atoms with Gasteiger partial charge in [0.15, 0.2) is 5.96 Å². The number of aryl methyl sites for hydroxylation is 1. The van der Waals surface area contributed by atoms with Crippen LogP contribution in [0, 0.1) is 0 Å². The fourth-order valence-corrected chi connectivity index (χ4v) is 4.55. The standard InChI is InChI=1S/C22H33N5OS/c1-4-19-15-25-21(29-19)10-11-24-22(23-2)26-16-20(27-12-5-6-13-27)17-8-7-9-18(14-17)28-3/h7-9,14-15,20H,4-6,10-13,16H2,1-3H3,(H2,23,24,26). The van der Waals surface area contributed by atoms with E-state index in [0.29, 0.717) is 6.04 Å². The lowest BCUT2D eigenvalue weighted by Gasteiger charge is -2.29. The highest BCUT2D eigenvalue weighted by Gasteiger charge is 2.24. The van der Waals surface area contributed by atoms with Crippen LogP contribution in [0.25, 0.3) is 0 Å². The van der Waals surface area contributed by atoms with Gasteiger partial charge >= 0.3 is 0 Å². The van der Waals surface area contributed by atoms with Crippen molar-refractivity contribution in [3.8, 4) is 5.75 Å². The minimum Gasteiger partial charge on any atom is -0.497 e. The van der Waals surface area contributed by atoms with Gasteiger partial charge in [0.05, 0.1) is 18.2 Å². The molecule has 0 spiro atoms. The highest BCUT2D eigenvalue weighted by atomic mass is 32.1. The van der Waals surface area contributed by atoms with E-state index in [1.807, 2.05) is 19.3 Å². The van der Waals surface area contributed by atoms with Crippen molar-refractivity contribution in [1.82, 2.24) is 20.5 Å². The van der Waals surface area contributed by atoms with Gasteiger partial charge in [-0.25, -0.2) is 4.98 Å². The number of likely N-dealkylation sites (tertiary alicyclic amines) is 1. The number of hydrogen-bond donors (Lipinski definition) is 2. The lowest BCUT2D eigenvalue weighted by atomic mass is 10.1. The van der Waals surface area contributed by atoms with Crippen LogP contribution < -0.4 is 15.4 Å². The maximum Gasteiger partial charge on any atom is 0.191 e. The van der Waals surface area contributed by atoms with E-state index >= 15 is 0 Å². The van der Waals surface area contributed by atoms with Crippen LogP contribution in [0.2, 0.25) is 0 Å². The Morgan fingerprint density at radius 3 is 2.83 bits per heavy atom. The Morgan fingerprint density at radius 1 is 1.31 bits per heavy atom. The Hall–Kier alpha value is -2.12. The van der Waals surface area contributed by atoms with Crippen molar-refractivity contribution in [1.29, 1.82) is 0 Å². The average molecular weight is 416 g/mol. The van der Waals surface area contributed by atoms with Gasteiger partial charge in [-0.1, -0.05) is 19.1 Å². The molecule has 2 heterocycles. The number of aromatic nitrogens is 1. The van der Waals surface area contributed by atoms with Gasteiger partial charge in [-0.3, -0.25) is 9.89 Å². The van der Waals surface area contributed by atoms with Crippen molar-refractivity contribution >= 4 is 17.3 Å². The predicted octanol–water partition coefficient (Wildman–Crippen LogP) is 3.26. The van der Waals surface area contributed by atoms with Crippen molar-refractivity contribution in [2.75, 3.05) is 40.3 Å². The maximum atomic E-state index is 5.44. The fourth-order valence-electron chi connectivity index (χ4n) is 3.69. The zero-order valence-corrected chi connectivity index (χ0v) is 18.6. The number of thiazole rings is 1. The molecule has 0 radical (unpaired) electrons. The largest absolute Gasteiger partial charge is 0.497 e. The number of hydrogen-bond acceptors (Lipinski definition) is 5. The second-order valence-corrected chi connectivity index (χ2v) is 8.44. The molecule has 158 valence electrons. The van der Waals surface area contributed by atoms with Crippen LogP contribution in [-0.2, 0) is 12.8 Å². The van der Waals surface area contributed by atoms with Gasteiger partial charge in [-0.2, -0.15) is 0 Å². The van der Waals surface area contributed by atoms with E-state index in [1.165, 1.54) is 28.3 Å². The number of guanidine groups is 1. The van der Waals surface area contributed by atoms with E-state index in [1.54, 1.807) is 18.4 Å². The Balaban J connectivity index is 1.56. The van der Waals surface area contributed by atoms with Crippen LogP contribution in [0.4, 0.5) is 0 Å². The fraction of sp³-hybridized carbons (Fsp3) is 0.545. The summed E-state index contributed by atoms with van der Waals surface area (Å²) in [7, 11) is 3.55. The second-order valence-electron chi connectivity index (χ2n) is 7.24. The van der Waals surface area contributed by atoms with Gasteiger partial charge in [0.2, 0.25) is 0 Å². The summed E-state index contributed by atoms with van der Waals surface area (Å²) in [6, 6.07) is 8.72. The SMILES string of the molecule is CCc1cnc(CCNC(=NC)NCC(c2cccc(OC)c2)N2CCCC2)s1. The van der Waals surface area contributed by atoms with Crippen molar-refractivity contribution in [3.05, 3.63) is 45.9 Å². The molecule has 1 fully saturated rings. The number of benzene rings is 1. The summed E-state index contributed by atoms with van der Waals surface area (Å²) < 4.78 is 5.44. The molecular formula is C22H33N5OS. The van der Waals surface area contributed by atoms with Crippen LogP contribution in [0.1, 0.15) is 41.3 Å². The van der Waals surface area contributed by atoms with Gasteiger partial charge in [0.25, 0.3) is 0 Å². The lowest BCUT2D eigenvalue weighted by Crippen LogP contribution is -2.43. The summed E-state index contributed by atoms with van der Waals surface area (Å²) in [6.45, 7) is 6.08. The number of rotatable bonds is 9. The predicted molar refractivity (Wildman–Crippen MR) is 121 cm³/mol. The van der Waals surface area contributed by atoms with E-state index in [2.05, 4.69) is 50.6 Å². The van der Waals surface area contributed by atoms with Crippen LogP contribution in [0.5, 0.6) is 5.75 Å². The van der Waals surface area contributed by atoms with Crippen LogP contribution in [0.15, 0.2) is 35.5 Å². The molecule has 2 N–H and O–H groups in total. The molecule has 0 bridgehead atoms. The topological polar surface area (TPSA) is 61.8 Å². The third-order valence-corrected chi connectivity index (χ3v) is 6.53. The molecule has 1 aromatic carbocycles. The Bertz CT molecular complexity index is 785. The molecule has 0 saturated carbocycles. The molecule has 7 heteroatoms. The Kier molecular flexibility index (Phi) is 8.31. The molecular weight excluding hydrogens is 382 g/mol. The van der Waals surface area contributed by atoms with E-state index in [-0.39, 0.29) is 0 Å². The summed E-state index contributed by atoms with van der Waals surface area (Å²) in [4.78, 5) is 12.8. The number of aliphatic imine (C=N–C) groups is 1. The first-order chi connectivity index (χ1) is 14.2. The first kappa shape index (κ1) is 21.6. The normalized spacial score (nSPS) is 16.0. The van der Waals surface area contributed by atoms with Crippen LogP contribution in [0.3, 0.4) is 0 Å². The molecule has 1 saturated heterocycles. The monoisotopic (exact) mass is 415 g/mol. The quantitative estimate of drug-likeness (QED) is 0.486. The second kappa shape index (κ2) is 11.2. The number of methoxy groups -OCH3 is 1. The first-order valence-electron chi connectivity index (χ1n) is 10.5. The highest BCUT2D eigenvalue weighted by molar-refractivity contribution is 7.11. The number of nitrogens with zero attached hydrogens (tertiary/aromatic N) is 3. The molecule has 1 atom stereocenters. The molecule has 2 aromatic rings.